The lowest BCUT2D eigenvalue weighted by Crippen LogP contribution is -2.53. The van der Waals surface area contributed by atoms with E-state index in [4.69, 9.17) is 9.84 Å². The monoisotopic (exact) mass is 321 g/mol. The predicted molar refractivity (Wildman–Crippen MR) is 80.1 cm³/mol. The molecule has 0 bridgehead atoms. The van der Waals surface area contributed by atoms with Gasteiger partial charge in [0.25, 0.3) is 5.91 Å². The van der Waals surface area contributed by atoms with Crippen LogP contribution in [0, 0.1) is 0 Å². The highest BCUT2D eigenvalue weighted by Crippen LogP contribution is 2.24. The van der Waals surface area contributed by atoms with Crippen LogP contribution >= 0.6 is 0 Å². The second-order valence-electron chi connectivity index (χ2n) is 5.31. The number of piperazine rings is 1. The van der Waals surface area contributed by atoms with Crippen molar-refractivity contribution in [1.82, 2.24) is 19.8 Å². The molecule has 124 valence electrons. The minimum Gasteiger partial charge on any atom is -0.474 e. The van der Waals surface area contributed by atoms with E-state index in [1.807, 2.05) is 4.90 Å². The molecule has 2 aliphatic rings. The number of aromatic nitrogens is 2. The number of rotatable bonds is 5. The molecule has 1 N–H and O–H groups in total. The largest absolute Gasteiger partial charge is 0.474 e. The van der Waals surface area contributed by atoms with Gasteiger partial charge in [0, 0.05) is 26.2 Å². The van der Waals surface area contributed by atoms with Crippen molar-refractivity contribution in [2.75, 3.05) is 44.3 Å². The molecular formula is C14H19N5O4. The van der Waals surface area contributed by atoms with Crippen LogP contribution in [-0.4, -0.2) is 82.2 Å². The molecule has 9 heteroatoms. The molecule has 2 fully saturated rings. The van der Waals surface area contributed by atoms with E-state index in [9.17, 15) is 9.59 Å². The third kappa shape index (κ3) is 2.79. The molecule has 0 spiro atoms. The molecule has 0 saturated carbocycles. The number of aliphatic hydroxyl groups excluding tert-OH is 1. The number of likely N-dealkylation sites (N-methyl/N-ethyl adjacent to an activating group) is 1. The van der Waals surface area contributed by atoms with E-state index < -0.39 is 6.04 Å². The van der Waals surface area contributed by atoms with Gasteiger partial charge in [0.2, 0.25) is 5.88 Å². The Morgan fingerprint density at radius 2 is 2.17 bits per heavy atom. The standard InChI is InChI=1S/C14H19N5O4/c1-2-18-13(21)10-9-17(3-4-19(10)14(18)22)11-7-15-8-12(16-11)23-6-5-20/h7-8,10,20H,2-6,9H2,1H3. The zero-order chi connectivity index (χ0) is 16.4. The van der Waals surface area contributed by atoms with Crippen LogP contribution in [0.2, 0.25) is 0 Å². The highest BCUT2D eigenvalue weighted by Gasteiger charge is 2.47. The molecule has 9 nitrogen and oxygen atoms in total. The SMILES string of the molecule is CCN1C(=O)C2CN(c3cncc(OCCO)n3)CCN2C1=O. The van der Waals surface area contributed by atoms with Crippen LogP contribution in [-0.2, 0) is 4.79 Å². The summed E-state index contributed by atoms with van der Waals surface area (Å²) >= 11 is 0. The van der Waals surface area contributed by atoms with Gasteiger partial charge in [-0.05, 0) is 6.92 Å². The lowest BCUT2D eigenvalue weighted by molar-refractivity contribution is -0.128. The molecule has 1 aromatic rings. The van der Waals surface area contributed by atoms with Crippen LogP contribution < -0.4 is 9.64 Å². The third-order valence-electron chi connectivity index (χ3n) is 3.99. The quantitative estimate of drug-likeness (QED) is 0.717. The summed E-state index contributed by atoms with van der Waals surface area (Å²) in [7, 11) is 0. The molecule has 3 amide bonds. The molecule has 0 radical (unpaired) electrons. The van der Waals surface area contributed by atoms with E-state index in [-0.39, 0.29) is 25.2 Å². The molecule has 0 aromatic carbocycles. The molecule has 2 saturated heterocycles. The van der Waals surface area contributed by atoms with Gasteiger partial charge < -0.3 is 19.6 Å². The van der Waals surface area contributed by atoms with Crippen molar-refractivity contribution in [3.63, 3.8) is 0 Å². The fourth-order valence-corrected chi connectivity index (χ4v) is 2.86. The molecule has 23 heavy (non-hydrogen) atoms. The Bertz CT molecular complexity index is 611. The molecule has 2 aliphatic heterocycles. The van der Waals surface area contributed by atoms with Crippen molar-refractivity contribution >= 4 is 17.8 Å². The number of carbonyl (C=O) groups excluding carboxylic acids is 2. The van der Waals surface area contributed by atoms with Crippen LogP contribution in [0.25, 0.3) is 0 Å². The zero-order valence-corrected chi connectivity index (χ0v) is 12.9. The number of anilines is 1. The average molecular weight is 321 g/mol. The number of carbonyl (C=O) groups is 2. The lowest BCUT2D eigenvalue weighted by atomic mass is 10.2. The molecule has 0 aliphatic carbocycles. The number of amides is 3. The number of imide groups is 1. The number of aliphatic hydroxyl groups is 1. The number of nitrogens with zero attached hydrogens (tertiary/aromatic N) is 5. The Hall–Kier alpha value is -2.42. The number of ether oxygens (including phenoxy) is 1. The maximum absolute atomic E-state index is 12.3. The number of urea groups is 1. The highest BCUT2D eigenvalue weighted by molar-refractivity contribution is 6.04. The van der Waals surface area contributed by atoms with Crippen LogP contribution in [0.15, 0.2) is 12.4 Å². The normalized spacial score (nSPS) is 21.0. The summed E-state index contributed by atoms with van der Waals surface area (Å²) in [6, 6.07) is -0.687. The van der Waals surface area contributed by atoms with Crippen molar-refractivity contribution in [1.29, 1.82) is 0 Å². The van der Waals surface area contributed by atoms with Gasteiger partial charge in [0.1, 0.15) is 12.6 Å². The number of hydrogen-bond donors (Lipinski definition) is 1. The first-order chi connectivity index (χ1) is 11.2. The Morgan fingerprint density at radius 3 is 2.91 bits per heavy atom. The zero-order valence-electron chi connectivity index (χ0n) is 12.9. The predicted octanol–water partition coefficient (Wildman–Crippen LogP) is -0.680. The van der Waals surface area contributed by atoms with Crippen molar-refractivity contribution in [2.45, 2.75) is 13.0 Å². The number of fused-ring (bicyclic) bond motifs is 1. The van der Waals surface area contributed by atoms with Gasteiger partial charge in [-0.3, -0.25) is 14.7 Å². The Kier molecular flexibility index (Phi) is 4.28. The first-order valence-corrected chi connectivity index (χ1v) is 7.58. The van der Waals surface area contributed by atoms with Crippen LogP contribution in [0.3, 0.4) is 0 Å². The summed E-state index contributed by atoms with van der Waals surface area (Å²) in [5, 5.41) is 8.79. The molecule has 3 rings (SSSR count). The maximum atomic E-state index is 12.3. The van der Waals surface area contributed by atoms with Gasteiger partial charge in [0.05, 0.1) is 19.0 Å². The van der Waals surface area contributed by atoms with Crippen LogP contribution in [0.1, 0.15) is 6.92 Å². The third-order valence-corrected chi connectivity index (χ3v) is 3.99. The summed E-state index contributed by atoms with van der Waals surface area (Å²) in [5.74, 6) is 0.751. The van der Waals surface area contributed by atoms with Crippen molar-refractivity contribution in [3.05, 3.63) is 12.4 Å². The van der Waals surface area contributed by atoms with E-state index in [1.54, 1.807) is 18.0 Å². The Balaban J connectivity index is 1.74. The van der Waals surface area contributed by atoms with Gasteiger partial charge in [-0.1, -0.05) is 0 Å². The summed E-state index contributed by atoms with van der Waals surface area (Å²) in [4.78, 5) is 37.7. The molecule has 3 heterocycles. The van der Waals surface area contributed by atoms with Crippen molar-refractivity contribution in [2.24, 2.45) is 0 Å². The second kappa shape index (κ2) is 6.37. The number of hydrogen-bond acceptors (Lipinski definition) is 7. The minimum absolute atomic E-state index is 0.101. The van der Waals surface area contributed by atoms with E-state index >= 15 is 0 Å². The van der Waals surface area contributed by atoms with E-state index in [2.05, 4.69) is 9.97 Å². The lowest BCUT2D eigenvalue weighted by Gasteiger charge is -2.35. The Morgan fingerprint density at radius 1 is 1.35 bits per heavy atom. The molecule has 1 atom stereocenters. The van der Waals surface area contributed by atoms with Gasteiger partial charge in [0.15, 0.2) is 5.82 Å². The smallest absolute Gasteiger partial charge is 0.327 e. The van der Waals surface area contributed by atoms with Gasteiger partial charge in [-0.25, -0.2) is 4.79 Å². The first kappa shape index (κ1) is 15.5. The van der Waals surface area contributed by atoms with E-state index in [0.717, 1.165) is 0 Å². The van der Waals surface area contributed by atoms with Gasteiger partial charge in [-0.2, -0.15) is 4.98 Å². The van der Waals surface area contributed by atoms with E-state index in [1.165, 1.54) is 11.1 Å². The van der Waals surface area contributed by atoms with Gasteiger partial charge in [-0.15, -0.1) is 0 Å². The summed E-state index contributed by atoms with van der Waals surface area (Å²) in [5.41, 5.74) is 0. The highest BCUT2D eigenvalue weighted by atomic mass is 16.5. The molecule has 1 unspecified atom stereocenters. The Labute approximate surface area is 133 Å². The van der Waals surface area contributed by atoms with E-state index in [0.29, 0.717) is 37.9 Å². The molecule has 1 aromatic heterocycles. The summed E-state index contributed by atoms with van der Waals surface area (Å²) in [6.07, 6.45) is 3.07. The minimum atomic E-state index is -0.472. The fraction of sp³-hybridized carbons (Fsp3) is 0.571. The van der Waals surface area contributed by atoms with Gasteiger partial charge >= 0.3 is 6.03 Å². The van der Waals surface area contributed by atoms with Crippen molar-refractivity contribution in [3.8, 4) is 5.88 Å². The van der Waals surface area contributed by atoms with Crippen LogP contribution in [0.4, 0.5) is 10.6 Å². The summed E-state index contributed by atoms with van der Waals surface area (Å²) < 4.78 is 5.26. The first-order valence-electron chi connectivity index (χ1n) is 7.58. The topological polar surface area (TPSA) is 99.1 Å². The molecular weight excluding hydrogens is 302 g/mol. The fourth-order valence-electron chi connectivity index (χ4n) is 2.86. The summed E-state index contributed by atoms with van der Waals surface area (Å²) in [6.45, 7) is 3.65. The average Bonchev–Trinajstić information content (AvgIpc) is 2.83. The van der Waals surface area contributed by atoms with Crippen molar-refractivity contribution < 1.29 is 19.4 Å². The maximum Gasteiger partial charge on any atom is 0.327 e. The second-order valence-corrected chi connectivity index (χ2v) is 5.31. The van der Waals surface area contributed by atoms with Crippen LogP contribution in [0.5, 0.6) is 5.88 Å².